The lowest BCUT2D eigenvalue weighted by Crippen LogP contribution is -2.24. The maximum Gasteiger partial charge on any atom is 0.180 e. The summed E-state index contributed by atoms with van der Waals surface area (Å²) in [6, 6.07) is 25.3. The second kappa shape index (κ2) is 21.9. The number of phenolic OH excluding ortho intramolecular Hbond substituents is 4. The van der Waals surface area contributed by atoms with Gasteiger partial charge >= 0.3 is 0 Å². The van der Waals surface area contributed by atoms with Crippen molar-refractivity contribution in [3.05, 3.63) is 167 Å². The van der Waals surface area contributed by atoms with E-state index in [2.05, 4.69) is 0 Å². The molecule has 16 heteroatoms. The lowest BCUT2D eigenvalue weighted by Gasteiger charge is -2.00. The standard InChI is InChI=1S/2C10H8N2O2.2C6H6O2.4H2O/c2*13-11-5-1-9(2-6-11)10-3-7-12(14)8-4-10;2*7-5-2-1-3-6(8)4-5;;;;/h2*1-8H;2*1-4,7-8H;4*1H2. The molecule has 256 valence electrons. The molecule has 2 aromatic carbocycles. The molecule has 0 aliphatic carbocycles. The van der Waals surface area contributed by atoms with E-state index < -0.39 is 0 Å². The second-order valence-electron chi connectivity index (χ2n) is 8.83. The average Bonchev–Trinajstić information content (AvgIpc) is 3.00. The summed E-state index contributed by atoms with van der Waals surface area (Å²) in [5.41, 5.74) is 3.66. The van der Waals surface area contributed by atoms with Crippen molar-refractivity contribution in [2.75, 3.05) is 0 Å². The summed E-state index contributed by atoms with van der Waals surface area (Å²) in [5.74, 6) is 0.352. The summed E-state index contributed by atoms with van der Waals surface area (Å²) >= 11 is 0. The molecule has 0 bridgehead atoms. The quantitative estimate of drug-likeness (QED) is 0.145. The number of nitrogens with zero attached hydrogens (tertiary/aromatic N) is 4. The van der Waals surface area contributed by atoms with Crippen LogP contribution in [0.1, 0.15) is 0 Å². The van der Waals surface area contributed by atoms with Gasteiger partial charge in [0.15, 0.2) is 49.6 Å². The number of hydrogen-bond acceptors (Lipinski definition) is 8. The first-order chi connectivity index (χ1) is 21.1. The van der Waals surface area contributed by atoms with Crippen molar-refractivity contribution in [2.24, 2.45) is 0 Å². The Balaban J connectivity index is 0. The smallest absolute Gasteiger partial charge is 0.180 e. The van der Waals surface area contributed by atoms with Crippen LogP contribution in [0.15, 0.2) is 147 Å². The number of rotatable bonds is 2. The lowest BCUT2D eigenvalue weighted by atomic mass is 10.1. The molecule has 0 spiro atoms. The van der Waals surface area contributed by atoms with Crippen LogP contribution in [-0.2, 0) is 0 Å². The Morgan fingerprint density at radius 3 is 0.604 bits per heavy atom. The Bertz CT molecular complexity index is 1470. The van der Waals surface area contributed by atoms with Gasteiger partial charge in [-0.25, -0.2) is 0 Å². The Labute approximate surface area is 274 Å². The molecule has 48 heavy (non-hydrogen) atoms. The second-order valence-corrected chi connectivity index (χ2v) is 8.83. The molecular weight excluding hydrogens is 632 g/mol. The van der Waals surface area contributed by atoms with E-state index >= 15 is 0 Å². The third-order valence-corrected chi connectivity index (χ3v) is 5.53. The minimum absolute atomic E-state index is 0. The zero-order valence-corrected chi connectivity index (χ0v) is 25.1. The molecule has 0 radical (unpaired) electrons. The topological polar surface area (TPSA) is 315 Å². The van der Waals surface area contributed by atoms with Crippen molar-refractivity contribution >= 4 is 0 Å². The number of hydrogen-bond donors (Lipinski definition) is 4. The van der Waals surface area contributed by atoms with Crippen molar-refractivity contribution < 1.29 is 61.3 Å². The van der Waals surface area contributed by atoms with Gasteiger partial charge < -0.3 is 63.2 Å². The molecule has 0 saturated heterocycles. The van der Waals surface area contributed by atoms with Gasteiger partial charge in [0, 0.05) is 60.7 Å². The molecule has 0 unspecified atom stereocenters. The zero-order chi connectivity index (χ0) is 31.9. The highest BCUT2D eigenvalue weighted by molar-refractivity contribution is 5.61. The van der Waals surface area contributed by atoms with Gasteiger partial charge in [-0.2, -0.15) is 18.9 Å². The van der Waals surface area contributed by atoms with E-state index in [1.54, 1.807) is 60.7 Å². The molecule has 0 fully saturated rings. The monoisotopic (exact) mass is 668 g/mol. The van der Waals surface area contributed by atoms with Crippen LogP contribution < -0.4 is 18.9 Å². The van der Waals surface area contributed by atoms with Crippen LogP contribution in [0.25, 0.3) is 22.3 Å². The molecule has 0 amide bonds. The van der Waals surface area contributed by atoms with Gasteiger partial charge in [-0.3, -0.25) is 0 Å². The van der Waals surface area contributed by atoms with Crippen LogP contribution in [-0.4, -0.2) is 42.3 Å². The molecule has 0 atom stereocenters. The summed E-state index contributed by atoms with van der Waals surface area (Å²) in [6.07, 6.45) is 11.4. The fourth-order valence-corrected chi connectivity index (χ4v) is 3.41. The first kappa shape index (κ1) is 43.4. The number of pyridine rings is 4. The van der Waals surface area contributed by atoms with Crippen LogP contribution in [0, 0.1) is 20.8 Å². The van der Waals surface area contributed by atoms with Crippen molar-refractivity contribution in [1.29, 1.82) is 0 Å². The number of benzene rings is 2. The third kappa shape index (κ3) is 15.3. The van der Waals surface area contributed by atoms with E-state index in [1.165, 1.54) is 86.0 Å². The maximum absolute atomic E-state index is 10.8. The molecular formula is C32H36N4O12. The van der Waals surface area contributed by atoms with Gasteiger partial charge in [-0.1, -0.05) is 12.1 Å². The van der Waals surface area contributed by atoms with E-state index in [-0.39, 0.29) is 44.9 Å². The zero-order valence-electron chi connectivity index (χ0n) is 25.1. The molecule has 0 saturated carbocycles. The maximum atomic E-state index is 10.8. The minimum atomic E-state index is 0. The molecule has 6 aromatic rings. The summed E-state index contributed by atoms with van der Waals surface area (Å²) in [4.78, 5) is 0. The lowest BCUT2D eigenvalue weighted by molar-refractivity contribution is -0.605. The summed E-state index contributed by atoms with van der Waals surface area (Å²) < 4.78 is 2.89. The molecule has 0 aliphatic heterocycles. The predicted octanol–water partition coefficient (Wildman–Crippen LogP) is 0.138. The van der Waals surface area contributed by atoms with Crippen LogP contribution in [0.3, 0.4) is 0 Å². The Hall–Kier alpha value is -6.72. The molecule has 0 aliphatic rings. The average molecular weight is 669 g/mol. The highest BCUT2D eigenvalue weighted by atomic mass is 16.5. The molecule has 4 aromatic heterocycles. The van der Waals surface area contributed by atoms with Gasteiger partial charge in [0.25, 0.3) is 0 Å². The highest BCUT2D eigenvalue weighted by Gasteiger charge is 2.01. The van der Waals surface area contributed by atoms with Crippen LogP contribution in [0.4, 0.5) is 0 Å². The Morgan fingerprint density at radius 2 is 0.479 bits per heavy atom. The molecule has 12 N–H and O–H groups in total. The fourth-order valence-electron chi connectivity index (χ4n) is 3.41. The van der Waals surface area contributed by atoms with E-state index in [9.17, 15) is 20.8 Å². The fraction of sp³-hybridized carbons (Fsp3) is 0. The Kier molecular flexibility index (Phi) is 19.8. The van der Waals surface area contributed by atoms with E-state index in [1.807, 2.05) is 0 Å². The molecule has 4 heterocycles. The first-order valence-corrected chi connectivity index (χ1v) is 12.8. The van der Waals surface area contributed by atoms with Gasteiger partial charge in [0.1, 0.15) is 23.0 Å². The Morgan fingerprint density at radius 1 is 0.312 bits per heavy atom. The molecule has 6 rings (SSSR count). The third-order valence-electron chi connectivity index (χ3n) is 5.53. The van der Waals surface area contributed by atoms with Crippen molar-refractivity contribution in [3.63, 3.8) is 0 Å². The number of aromatic nitrogens is 4. The first-order valence-electron chi connectivity index (χ1n) is 12.8. The van der Waals surface area contributed by atoms with Crippen molar-refractivity contribution in [2.45, 2.75) is 0 Å². The normalized spacial score (nSPS) is 8.83. The van der Waals surface area contributed by atoms with Crippen LogP contribution in [0.2, 0.25) is 0 Å². The van der Waals surface area contributed by atoms with Gasteiger partial charge in [-0.05, 0) is 46.5 Å². The van der Waals surface area contributed by atoms with E-state index in [0.29, 0.717) is 0 Å². The SMILES string of the molecule is O.O.O.O.Oc1cccc(O)c1.Oc1cccc(O)c1.[O-][n+]1ccc(-c2cc[n+]([O-])cc2)cc1.[O-][n+]1ccc(-c2cc[n+]([O-])cc2)cc1. The summed E-state index contributed by atoms with van der Waals surface area (Å²) in [5, 5.41) is 77.7. The van der Waals surface area contributed by atoms with Gasteiger partial charge in [0.05, 0.1) is 0 Å². The van der Waals surface area contributed by atoms with Crippen LogP contribution in [0.5, 0.6) is 23.0 Å². The minimum Gasteiger partial charge on any atom is -0.619 e. The summed E-state index contributed by atoms with van der Waals surface area (Å²) in [6.45, 7) is 0. The van der Waals surface area contributed by atoms with Crippen LogP contribution >= 0.6 is 0 Å². The predicted molar refractivity (Wildman–Crippen MR) is 174 cm³/mol. The number of aromatic hydroxyl groups is 4. The molecule has 16 nitrogen and oxygen atoms in total. The number of phenols is 4. The summed E-state index contributed by atoms with van der Waals surface area (Å²) in [7, 11) is 0. The highest BCUT2D eigenvalue weighted by Crippen LogP contribution is 2.17. The van der Waals surface area contributed by atoms with Crippen molar-refractivity contribution in [1.82, 2.24) is 0 Å². The van der Waals surface area contributed by atoms with Crippen molar-refractivity contribution in [3.8, 4) is 45.3 Å². The van der Waals surface area contributed by atoms with Gasteiger partial charge in [-0.15, -0.1) is 0 Å². The van der Waals surface area contributed by atoms with E-state index in [4.69, 9.17) is 20.4 Å². The van der Waals surface area contributed by atoms with E-state index in [0.717, 1.165) is 41.2 Å². The largest absolute Gasteiger partial charge is 0.619 e. The van der Waals surface area contributed by atoms with Gasteiger partial charge in [0.2, 0.25) is 0 Å².